The van der Waals surface area contributed by atoms with Crippen LogP contribution in [0.3, 0.4) is 0 Å². The Bertz CT molecular complexity index is 2420. The van der Waals surface area contributed by atoms with E-state index in [1.54, 1.807) is 0 Å². The number of aromatic nitrogens is 1. The molecule has 0 bridgehead atoms. The molecule has 192 valence electrons. The van der Waals surface area contributed by atoms with E-state index in [2.05, 4.69) is 132 Å². The molecule has 9 aromatic rings. The predicted octanol–water partition coefficient (Wildman–Crippen LogP) is 10.8. The van der Waals surface area contributed by atoms with E-state index in [0.29, 0.717) is 0 Å². The monoisotopic (exact) mass is 525 g/mol. The van der Waals surface area contributed by atoms with Gasteiger partial charge in [-0.05, 0) is 82.9 Å². The lowest BCUT2D eigenvalue weighted by Gasteiger charge is -2.08. The molecule has 0 aliphatic heterocycles. The minimum absolute atomic E-state index is 0.886. The standard InChI is InChI=1S/C38H23NO2/c1-2-11-28(12-3-1)39-33-15-6-4-14-31(33)38-37(39)32-20-18-27(23-36(32)41-38)25-10-8-9-24(21-25)26-17-19-30-29-13-5-7-16-34(29)40-35(30)22-26/h1-23H. The smallest absolute Gasteiger partial charge is 0.161 e. The summed E-state index contributed by atoms with van der Waals surface area (Å²) in [7, 11) is 0. The first-order valence-electron chi connectivity index (χ1n) is 13.9. The van der Waals surface area contributed by atoms with Gasteiger partial charge in [0.1, 0.15) is 22.3 Å². The molecule has 0 radical (unpaired) electrons. The van der Waals surface area contributed by atoms with Gasteiger partial charge < -0.3 is 13.4 Å². The zero-order valence-electron chi connectivity index (χ0n) is 22.0. The van der Waals surface area contributed by atoms with Crippen LogP contribution in [0.1, 0.15) is 0 Å². The lowest BCUT2D eigenvalue weighted by molar-refractivity contribution is 0.669. The number of hydrogen-bond acceptors (Lipinski definition) is 2. The number of nitrogens with zero attached hydrogens (tertiary/aromatic N) is 1. The van der Waals surface area contributed by atoms with Gasteiger partial charge in [0.2, 0.25) is 0 Å². The SMILES string of the molecule is c1ccc(-n2c3ccccc3c3oc4cc(-c5cccc(-c6ccc7c(c6)oc6ccccc67)c5)ccc4c32)cc1. The summed E-state index contributed by atoms with van der Waals surface area (Å²) >= 11 is 0. The fraction of sp³-hybridized carbons (Fsp3) is 0. The minimum Gasteiger partial charge on any atom is -0.456 e. The number of fused-ring (bicyclic) bond motifs is 8. The number of furan rings is 2. The summed E-state index contributed by atoms with van der Waals surface area (Å²) in [5.74, 6) is 0. The Morgan fingerprint density at radius 1 is 0.390 bits per heavy atom. The molecule has 0 atom stereocenters. The van der Waals surface area contributed by atoms with Gasteiger partial charge in [0.05, 0.1) is 5.52 Å². The van der Waals surface area contributed by atoms with Crippen molar-refractivity contribution in [3.63, 3.8) is 0 Å². The van der Waals surface area contributed by atoms with E-state index in [1.807, 2.05) is 12.1 Å². The molecule has 3 nitrogen and oxygen atoms in total. The van der Waals surface area contributed by atoms with E-state index in [4.69, 9.17) is 8.83 Å². The van der Waals surface area contributed by atoms with Crippen LogP contribution in [0.15, 0.2) is 148 Å². The maximum absolute atomic E-state index is 6.59. The third-order valence-electron chi connectivity index (χ3n) is 8.20. The molecular weight excluding hydrogens is 502 g/mol. The highest BCUT2D eigenvalue weighted by molar-refractivity contribution is 6.16. The van der Waals surface area contributed by atoms with Crippen LogP contribution in [0, 0.1) is 0 Å². The Balaban J connectivity index is 1.18. The maximum Gasteiger partial charge on any atom is 0.161 e. The Morgan fingerprint density at radius 2 is 1.00 bits per heavy atom. The van der Waals surface area contributed by atoms with Crippen molar-refractivity contribution in [2.75, 3.05) is 0 Å². The van der Waals surface area contributed by atoms with Gasteiger partial charge in [0.25, 0.3) is 0 Å². The highest BCUT2D eigenvalue weighted by Crippen LogP contribution is 2.40. The van der Waals surface area contributed by atoms with Crippen LogP contribution in [0.4, 0.5) is 0 Å². The molecule has 0 unspecified atom stereocenters. The molecule has 0 fully saturated rings. The Kier molecular flexibility index (Phi) is 4.61. The Morgan fingerprint density at radius 3 is 1.80 bits per heavy atom. The van der Waals surface area contributed by atoms with Gasteiger partial charge in [0, 0.05) is 27.2 Å². The van der Waals surface area contributed by atoms with E-state index < -0.39 is 0 Å². The average Bonchev–Trinajstić information content (AvgIpc) is 3.69. The molecular formula is C38H23NO2. The quantitative estimate of drug-likeness (QED) is 0.230. The first-order chi connectivity index (χ1) is 20.3. The van der Waals surface area contributed by atoms with Crippen molar-refractivity contribution in [2.24, 2.45) is 0 Å². The summed E-state index contributed by atoms with van der Waals surface area (Å²) in [5.41, 5.74) is 11.6. The van der Waals surface area contributed by atoms with E-state index in [1.165, 1.54) is 0 Å². The second-order valence-electron chi connectivity index (χ2n) is 10.6. The second-order valence-corrected chi connectivity index (χ2v) is 10.6. The summed E-state index contributed by atoms with van der Waals surface area (Å²) in [6, 6.07) is 48.9. The molecule has 3 aromatic heterocycles. The number of rotatable bonds is 3. The lowest BCUT2D eigenvalue weighted by atomic mass is 9.98. The molecule has 0 aliphatic rings. The van der Waals surface area contributed by atoms with Crippen LogP contribution in [-0.2, 0) is 0 Å². The second kappa shape index (κ2) is 8.48. The van der Waals surface area contributed by atoms with Crippen molar-refractivity contribution in [1.82, 2.24) is 4.57 Å². The topological polar surface area (TPSA) is 31.2 Å². The molecule has 0 saturated carbocycles. The Hall–Kier alpha value is -5.54. The number of para-hydroxylation sites is 3. The molecule has 3 heteroatoms. The van der Waals surface area contributed by atoms with Crippen molar-refractivity contribution in [3.05, 3.63) is 140 Å². The van der Waals surface area contributed by atoms with Crippen molar-refractivity contribution < 1.29 is 8.83 Å². The zero-order chi connectivity index (χ0) is 26.9. The zero-order valence-corrected chi connectivity index (χ0v) is 22.0. The maximum atomic E-state index is 6.59. The Labute approximate surface area is 235 Å². The summed E-state index contributed by atoms with van der Waals surface area (Å²) in [6.07, 6.45) is 0. The van der Waals surface area contributed by atoms with Crippen LogP contribution in [0.25, 0.3) is 82.9 Å². The van der Waals surface area contributed by atoms with Crippen LogP contribution >= 0.6 is 0 Å². The fourth-order valence-electron chi connectivity index (χ4n) is 6.28. The van der Waals surface area contributed by atoms with Crippen LogP contribution in [0.2, 0.25) is 0 Å². The average molecular weight is 526 g/mol. The molecule has 3 heterocycles. The van der Waals surface area contributed by atoms with Gasteiger partial charge in [-0.25, -0.2) is 0 Å². The van der Waals surface area contributed by atoms with Gasteiger partial charge in [-0.3, -0.25) is 0 Å². The van der Waals surface area contributed by atoms with Crippen LogP contribution in [-0.4, -0.2) is 4.57 Å². The van der Waals surface area contributed by atoms with Gasteiger partial charge in [-0.2, -0.15) is 0 Å². The van der Waals surface area contributed by atoms with E-state index in [9.17, 15) is 0 Å². The summed E-state index contributed by atoms with van der Waals surface area (Å²) in [4.78, 5) is 0. The first-order valence-corrected chi connectivity index (χ1v) is 13.9. The lowest BCUT2D eigenvalue weighted by Crippen LogP contribution is -1.92. The highest BCUT2D eigenvalue weighted by Gasteiger charge is 2.19. The van der Waals surface area contributed by atoms with Crippen molar-refractivity contribution in [2.45, 2.75) is 0 Å². The predicted molar refractivity (Wildman–Crippen MR) is 169 cm³/mol. The van der Waals surface area contributed by atoms with E-state index >= 15 is 0 Å². The number of benzene rings is 6. The molecule has 0 amide bonds. The van der Waals surface area contributed by atoms with Crippen LogP contribution in [0.5, 0.6) is 0 Å². The van der Waals surface area contributed by atoms with Gasteiger partial charge in [-0.15, -0.1) is 0 Å². The first kappa shape index (κ1) is 22.3. The van der Waals surface area contributed by atoms with E-state index in [0.717, 1.165) is 82.9 Å². The van der Waals surface area contributed by atoms with Gasteiger partial charge in [-0.1, -0.05) is 78.9 Å². The third kappa shape index (κ3) is 3.33. The highest BCUT2D eigenvalue weighted by atomic mass is 16.3. The molecule has 0 saturated heterocycles. The fourth-order valence-corrected chi connectivity index (χ4v) is 6.28. The van der Waals surface area contributed by atoms with E-state index in [-0.39, 0.29) is 0 Å². The normalized spacial score (nSPS) is 11.9. The van der Waals surface area contributed by atoms with Crippen molar-refractivity contribution in [1.29, 1.82) is 0 Å². The van der Waals surface area contributed by atoms with Crippen LogP contribution < -0.4 is 0 Å². The minimum atomic E-state index is 0.886. The molecule has 41 heavy (non-hydrogen) atoms. The molecule has 0 aliphatic carbocycles. The largest absolute Gasteiger partial charge is 0.456 e. The van der Waals surface area contributed by atoms with Crippen molar-refractivity contribution in [3.8, 4) is 27.9 Å². The molecule has 6 aromatic carbocycles. The molecule has 0 N–H and O–H groups in total. The summed E-state index contributed by atoms with van der Waals surface area (Å²) in [6.45, 7) is 0. The summed E-state index contributed by atoms with van der Waals surface area (Å²) < 4.78 is 15.1. The molecule has 9 rings (SSSR count). The summed E-state index contributed by atoms with van der Waals surface area (Å²) in [5, 5.41) is 4.51. The van der Waals surface area contributed by atoms with Crippen molar-refractivity contribution >= 4 is 54.9 Å². The third-order valence-corrected chi connectivity index (χ3v) is 8.20. The van der Waals surface area contributed by atoms with Gasteiger partial charge >= 0.3 is 0 Å². The molecule has 0 spiro atoms. The van der Waals surface area contributed by atoms with Gasteiger partial charge in [0.15, 0.2) is 5.58 Å². The number of hydrogen-bond donors (Lipinski definition) is 0.